The van der Waals surface area contributed by atoms with Crippen LogP contribution in [0.1, 0.15) is 0 Å². The second-order valence-electron chi connectivity index (χ2n) is 1.38. The topological polar surface area (TPSA) is 37.4 Å². The standard InChI is InChI=1S/C4H2BNO2/c5-6-3(7)1-2-4(6)8/h1-2H. The van der Waals surface area contributed by atoms with E-state index in [4.69, 9.17) is 7.98 Å². The summed E-state index contributed by atoms with van der Waals surface area (Å²) < 4.78 is 0. The fourth-order valence-corrected chi connectivity index (χ4v) is 0.412. The van der Waals surface area contributed by atoms with Gasteiger partial charge in [-0.05, 0) is 0 Å². The zero-order valence-electron chi connectivity index (χ0n) is 4.00. The molecule has 0 aliphatic carbocycles. The van der Waals surface area contributed by atoms with Crippen molar-refractivity contribution < 1.29 is 9.59 Å². The predicted octanol–water partition coefficient (Wildman–Crippen LogP) is -1.01. The number of amides is 2. The van der Waals surface area contributed by atoms with Gasteiger partial charge in [0.15, 0.2) is 0 Å². The smallest absolute Gasteiger partial charge is 0.243 e. The number of hydrogen-bond acceptors (Lipinski definition) is 2. The average Bonchev–Trinajstić information content (AvgIpc) is 1.98. The molecule has 0 saturated carbocycles. The number of nitrogens with zero attached hydrogens (tertiary/aromatic N) is 1. The van der Waals surface area contributed by atoms with Crippen molar-refractivity contribution in [1.29, 1.82) is 0 Å². The van der Waals surface area contributed by atoms with Crippen LogP contribution in [-0.4, -0.2) is 24.6 Å². The molecular formula is C4H2BNO2. The summed E-state index contributed by atoms with van der Waals surface area (Å²) in [6.07, 6.45) is 2.25. The maximum absolute atomic E-state index is 10.3. The van der Waals surface area contributed by atoms with Gasteiger partial charge in [-0.25, -0.2) is 0 Å². The molecule has 3 nitrogen and oxygen atoms in total. The van der Waals surface area contributed by atoms with E-state index in [-0.39, 0.29) is 0 Å². The molecule has 0 aromatic carbocycles. The highest BCUT2D eigenvalue weighted by Gasteiger charge is 2.16. The Morgan fingerprint density at radius 1 is 1.25 bits per heavy atom. The van der Waals surface area contributed by atoms with Crippen LogP contribution in [0, 0.1) is 0 Å². The van der Waals surface area contributed by atoms with Crippen LogP contribution in [0.4, 0.5) is 0 Å². The van der Waals surface area contributed by atoms with Crippen molar-refractivity contribution >= 4 is 19.8 Å². The lowest BCUT2D eigenvalue weighted by Crippen LogP contribution is -2.26. The molecule has 0 aromatic rings. The summed E-state index contributed by atoms with van der Waals surface area (Å²) in [7, 11) is 4.89. The third kappa shape index (κ3) is 0.539. The molecule has 2 radical (unpaired) electrons. The highest BCUT2D eigenvalue weighted by atomic mass is 16.2. The predicted molar refractivity (Wildman–Crippen MR) is 26.7 cm³/mol. The van der Waals surface area contributed by atoms with Gasteiger partial charge < -0.3 is 4.81 Å². The summed E-state index contributed by atoms with van der Waals surface area (Å²) in [5.74, 6) is -0.926. The molecule has 1 rings (SSSR count). The lowest BCUT2D eigenvalue weighted by Gasteiger charge is -2.02. The second-order valence-corrected chi connectivity index (χ2v) is 1.38. The van der Waals surface area contributed by atoms with Crippen LogP contribution in [0.25, 0.3) is 0 Å². The van der Waals surface area contributed by atoms with E-state index in [2.05, 4.69) is 0 Å². The largest absolute Gasteiger partial charge is 0.334 e. The third-order valence-electron chi connectivity index (χ3n) is 0.843. The molecule has 0 bridgehead atoms. The lowest BCUT2D eigenvalue weighted by molar-refractivity contribution is -0.131. The minimum absolute atomic E-state index is 0.463. The Morgan fingerprint density at radius 2 is 1.62 bits per heavy atom. The summed E-state index contributed by atoms with van der Waals surface area (Å²) >= 11 is 0. The molecular weight excluding hydrogens is 105 g/mol. The number of rotatable bonds is 0. The van der Waals surface area contributed by atoms with E-state index in [0.29, 0.717) is 4.81 Å². The Labute approximate surface area is 47.4 Å². The van der Waals surface area contributed by atoms with Crippen molar-refractivity contribution in [2.45, 2.75) is 0 Å². The monoisotopic (exact) mass is 107 g/mol. The number of carbonyl (C=O) groups is 2. The quantitative estimate of drug-likeness (QED) is 0.294. The summed E-state index contributed by atoms with van der Waals surface area (Å²) in [5, 5.41) is 0. The van der Waals surface area contributed by atoms with Crippen LogP contribution in [0.5, 0.6) is 0 Å². The molecule has 0 saturated heterocycles. The molecule has 0 spiro atoms. The van der Waals surface area contributed by atoms with E-state index in [1.165, 1.54) is 0 Å². The van der Waals surface area contributed by atoms with Crippen LogP contribution in [0.3, 0.4) is 0 Å². The van der Waals surface area contributed by atoms with Gasteiger partial charge in [0, 0.05) is 12.2 Å². The van der Waals surface area contributed by atoms with Crippen molar-refractivity contribution in [3.05, 3.63) is 12.2 Å². The van der Waals surface area contributed by atoms with Crippen LogP contribution < -0.4 is 0 Å². The maximum Gasteiger partial charge on any atom is 0.243 e. The minimum Gasteiger partial charge on any atom is -0.334 e. The van der Waals surface area contributed by atoms with Crippen LogP contribution in [0.15, 0.2) is 12.2 Å². The molecule has 8 heavy (non-hydrogen) atoms. The normalized spacial score (nSPS) is 18.2. The van der Waals surface area contributed by atoms with Crippen molar-refractivity contribution in [2.75, 3.05) is 0 Å². The first kappa shape index (κ1) is 5.09. The highest BCUT2D eigenvalue weighted by Crippen LogP contribution is 1.96. The molecule has 2 amide bonds. The fraction of sp³-hybridized carbons (Fsp3) is 0. The van der Waals surface area contributed by atoms with E-state index in [0.717, 1.165) is 12.2 Å². The van der Waals surface area contributed by atoms with Crippen LogP contribution in [0.2, 0.25) is 0 Å². The van der Waals surface area contributed by atoms with Crippen LogP contribution in [-0.2, 0) is 9.59 Å². The van der Waals surface area contributed by atoms with E-state index >= 15 is 0 Å². The van der Waals surface area contributed by atoms with E-state index in [1.54, 1.807) is 0 Å². The van der Waals surface area contributed by atoms with Gasteiger partial charge in [0.05, 0.1) is 0 Å². The number of hydrogen-bond donors (Lipinski definition) is 0. The summed E-state index contributed by atoms with van der Waals surface area (Å²) in [5.41, 5.74) is 0. The SMILES string of the molecule is [B]N1C(=O)C=CC1=O. The minimum atomic E-state index is -0.463. The van der Waals surface area contributed by atoms with Gasteiger partial charge in [0.1, 0.15) is 0 Å². The fourth-order valence-electron chi connectivity index (χ4n) is 0.412. The zero-order valence-corrected chi connectivity index (χ0v) is 4.00. The molecule has 1 aliphatic rings. The Kier molecular flexibility index (Phi) is 0.935. The first-order valence-corrected chi connectivity index (χ1v) is 2.02. The van der Waals surface area contributed by atoms with Gasteiger partial charge in [-0.3, -0.25) is 9.59 Å². The Morgan fingerprint density at radius 3 is 1.75 bits per heavy atom. The molecule has 0 unspecified atom stereocenters. The van der Waals surface area contributed by atoms with Crippen molar-refractivity contribution in [2.24, 2.45) is 0 Å². The number of carbonyl (C=O) groups excluding carboxylic acids is 2. The van der Waals surface area contributed by atoms with E-state index < -0.39 is 11.8 Å². The summed E-state index contributed by atoms with van der Waals surface area (Å²) in [6, 6.07) is 0. The highest BCUT2D eigenvalue weighted by molar-refractivity contribution is 6.31. The zero-order chi connectivity index (χ0) is 6.15. The molecule has 0 aromatic heterocycles. The summed E-state index contributed by atoms with van der Waals surface area (Å²) in [4.78, 5) is 21.1. The van der Waals surface area contributed by atoms with Crippen molar-refractivity contribution in [1.82, 2.24) is 4.81 Å². The lowest BCUT2D eigenvalue weighted by atomic mass is 10.3. The first-order valence-electron chi connectivity index (χ1n) is 2.02. The molecule has 1 aliphatic heterocycles. The van der Waals surface area contributed by atoms with Gasteiger partial charge in [-0.15, -0.1) is 0 Å². The number of imide groups is 1. The maximum atomic E-state index is 10.3. The van der Waals surface area contributed by atoms with E-state index in [1.807, 2.05) is 0 Å². The Bertz CT molecular complexity index is 157. The van der Waals surface area contributed by atoms with Crippen molar-refractivity contribution in [3.8, 4) is 0 Å². The molecule has 0 atom stereocenters. The van der Waals surface area contributed by atoms with Crippen molar-refractivity contribution in [3.63, 3.8) is 0 Å². The molecule has 0 fully saturated rings. The van der Waals surface area contributed by atoms with Gasteiger partial charge in [0.2, 0.25) is 19.8 Å². The second kappa shape index (κ2) is 1.47. The van der Waals surface area contributed by atoms with Crippen LogP contribution >= 0.6 is 0 Å². The van der Waals surface area contributed by atoms with Gasteiger partial charge in [0.25, 0.3) is 0 Å². The Hall–Kier alpha value is -1.06. The van der Waals surface area contributed by atoms with E-state index in [9.17, 15) is 9.59 Å². The van der Waals surface area contributed by atoms with Gasteiger partial charge in [-0.1, -0.05) is 0 Å². The molecule has 1 heterocycles. The molecule has 38 valence electrons. The summed E-state index contributed by atoms with van der Waals surface area (Å²) in [6.45, 7) is 0. The van der Waals surface area contributed by atoms with Gasteiger partial charge in [-0.2, -0.15) is 0 Å². The third-order valence-corrected chi connectivity index (χ3v) is 0.843. The average molecular weight is 107 g/mol. The molecule has 0 N–H and O–H groups in total. The Balaban J connectivity index is 2.84. The first-order chi connectivity index (χ1) is 3.72. The molecule has 4 heteroatoms. The van der Waals surface area contributed by atoms with Gasteiger partial charge >= 0.3 is 0 Å².